The maximum absolute atomic E-state index is 13.3. The third-order valence-electron chi connectivity index (χ3n) is 6.48. The van der Waals surface area contributed by atoms with Gasteiger partial charge < -0.3 is 4.74 Å². The molecule has 1 aromatic heterocycles. The van der Waals surface area contributed by atoms with E-state index in [1.165, 1.54) is 11.8 Å². The van der Waals surface area contributed by atoms with Crippen molar-refractivity contribution in [1.29, 1.82) is 0 Å². The number of nitrogens with zero attached hydrogens (tertiary/aromatic N) is 3. The molecule has 0 aliphatic carbocycles. The molecule has 5 aromatic rings. The number of aromatic nitrogens is 2. The average Bonchev–Trinajstić information content (AvgIpc) is 3.56. The van der Waals surface area contributed by atoms with Gasteiger partial charge in [-0.3, -0.25) is 9.69 Å². The molecule has 1 fully saturated rings. The SMILES string of the molecule is CCOc1ccc(N2C(=O)C(=Cc3ccc(-n4nc(-c5ccccc5)cc4-c4ccccc4)cc3)SC2=S)cc1. The first-order chi connectivity index (χ1) is 19.6. The Labute approximate surface area is 242 Å². The minimum Gasteiger partial charge on any atom is -0.494 e. The van der Waals surface area contributed by atoms with Crippen molar-refractivity contribution in [3.8, 4) is 34.0 Å². The summed E-state index contributed by atoms with van der Waals surface area (Å²) in [6.07, 6.45) is 1.88. The van der Waals surface area contributed by atoms with E-state index in [4.69, 9.17) is 22.1 Å². The molecule has 1 aliphatic rings. The molecular formula is C33H25N3O2S2. The molecule has 1 saturated heterocycles. The van der Waals surface area contributed by atoms with Gasteiger partial charge in [0.25, 0.3) is 5.91 Å². The summed E-state index contributed by atoms with van der Waals surface area (Å²) < 4.78 is 7.99. The Balaban J connectivity index is 1.28. The quantitative estimate of drug-likeness (QED) is 0.149. The topological polar surface area (TPSA) is 47.4 Å². The van der Waals surface area contributed by atoms with Crippen LogP contribution >= 0.6 is 24.0 Å². The highest BCUT2D eigenvalue weighted by Crippen LogP contribution is 2.37. The van der Waals surface area contributed by atoms with Gasteiger partial charge in [-0.15, -0.1) is 0 Å². The second kappa shape index (κ2) is 11.3. The highest BCUT2D eigenvalue weighted by molar-refractivity contribution is 8.27. The van der Waals surface area contributed by atoms with E-state index in [9.17, 15) is 4.79 Å². The number of carbonyl (C=O) groups is 1. The number of ether oxygens (including phenoxy) is 1. The van der Waals surface area contributed by atoms with Crippen molar-refractivity contribution < 1.29 is 9.53 Å². The number of hydrogen-bond donors (Lipinski definition) is 0. The van der Waals surface area contributed by atoms with Gasteiger partial charge in [0.1, 0.15) is 5.75 Å². The zero-order chi connectivity index (χ0) is 27.5. The average molecular weight is 560 g/mol. The summed E-state index contributed by atoms with van der Waals surface area (Å²) in [5.41, 5.74) is 6.62. The Morgan fingerprint density at radius 2 is 1.45 bits per heavy atom. The van der Waals surface area contributed by atoms with Crippen LogP contribution in [-0.4, -0.2) is 26.6 Å². The molecule has 5 nitrogen and oxygen atoms in total. The molecule has 196 valence electrons. The normalized spacial score (nSPS) is 14.2. The second-order valence-electron chi connectivity index (χ2n) is 9.09. The summed E-state index contributed by atoms with van der Waals surface area (Å²) >= 11 is 6.86. The molecule has 6 rings (SSSR count). The third-order valence-corrected chi connectivity index (χ3v) is 7.79. The molecule has 4 aromatic carbocycles. The predicted octanol–water partition coefficient (Wildman–Crippen LogP) is 8.01. The summed E-state index contributed by atoms with van der Waals surface area (Å²) in [6, 6.07) is 38.0. The lowest BCUT2D eigenvalue weighted by atomic mass is 10.1. The van der Waals surface area contributed by atoms with Crippen LogP contribution in [0.2, 0.25) is 0 Å². The fourth-order valence-corrected chi connectivity index (χ4v) is 5.85. The summed E-state index contributed by atoms with van der Waals surface area (Å²) in [4.78, 5) is 15.4. The van der Waals surface area contributed by atoms with E-state index in [1.807, 2.05) is 103 Å². The summed E-state index contributed by atoms with van der Waals surface area (Å²) in [6.45, 7) is 2.52. The number of thiocarbonyl (C=S) groups is 1. The Morgan fingerprint density at radius 1 is 0.825 bits per heavy atom. The first kappa shape index (κ1) is 25.8. The van der Waals surface area contributed by atoms with Crippen molar-refractivity contribution in [2.24, 2.45) is 0 Å². The molecule has 1 aliphatic heterocycles. The number of rotatable bonds is 7. The van der Waals surface area contributed by atoms with E-state index >= 15 is 0 Å². The zero-order valence-corrected chi connectivity index (χ0v) is 23.4. The van der Waals surface area contributed by atoms with E-state index in [1.54, 1.807) is 4.90 Å². The maximum Gasteiger partial charge on any atom is 0.270 e. The molecule has 0 radical (unpaired) electrons. The van der Waals surface area contributed by atoms with Crippen LogP contribution in [0.3, 0.4) is 0 Å². The lowest BCUT2D eigenvalue weighted by Gasteiger charge is -2.15. The van der Waals surface area contributed by atoms with Crippen molar-refractivity contribution in [2.75, 3.05) is 11.5 Å². The minimum atomic E-state index is -0.130. The van der Waals surface area contributed by atoms with Crippen molar-refractivity contribution in [2.45, 2.75) is 6.92 Å². The van der Waals surface area contributed by atoms with Gasteiger partial charge in [-0.25, -0.2) is 4.68 Å². The molecule has 1 amide bonds. The number of hydrogen-bond acceptors (Lipinski definition) is 5. The van der Waals surface area contributed by atoms with Gasteiger partial charge in [-0.05, 0) is 61.0 Å². The molecule has 2 heterocycles. The molecule has 0 unspecified atom stereocenters. The van der Waals surface area contributed by atoms with Gasteiger partial charge in [-0.1, -0.05) is 96.8 Å². The second-order valence-corrected chi connectivity index (χ2v) is 10.8. The van der Waals surface area contributed by atoms with Crippen LogP contribution < -0.4 is 9.64 Å². The summed E-state index contributed by atoms with van der Waals surface area (Å²) in [5.74, 6) is 0.630. The number of anilines is 1. The predicted molar refractivity (Wildman–Crippen MR) is 168 cm³/mol. The molecular weight excluding hydrogens is 535 g/mol. The molecule has 0 bridgehead atoms. The Bertz CT molecular complexity index is 1690. The largest absolute Gasteiger partial charge is 0.494 e. The van der Waals surface area contributed by atoms with E-state index in [-0.39, 0.29) is 5.91 Å². The van der Waals surface area contributed by atoms with E-state index < -0.39 is 0 Å². The van der Waals surface area contributed by atoms with E-state index in [0.717, 1.165) is 45.2 Å². The molecule has 0 spiro atoms. The zero-order valence-electron chi connectivity index (χ0n) is 21.7. The Kier molecular flexibility index (Phi) is 7.31. The number of thioether (sulfide) groups is 1. The van der Waals surface area contributed by atoms with E-state index in [0.29, 0.717) is 15.8 Å². The van der Waals surface area contributed by atoms with Gasteiger partial charge in [-0.2, -0.15) is 5.10 Å². The third kappa shape index (κ3) is 5.21. The van der Waals surface area contributed by atoms with E-state index in [2.05, 4.69) is 30.3 Å². The highest BCUT2D eigenvalue weighted by atomic mass is 32.2. The molecule has 40 heavy (non-hydrogen) atoms. The summed E-state index contributed by atoms with van der Waals surface area (Å²) in [7, 11) is 0. The minimum absolute atomic E-state index is 0.130. The molecule has 0 N–H and O–H groups in total. The molecule has 0 atom stereocenters. The Hall–Kier alpha value is -4.46. The fourth-order valence-electron chi connectivity index (χ4n) is 4.55. The van der Waals surface area contributed by atoms with Crippen LogP contribution in [0, 0.1) is 0 Å². The first-order valence-corrected chi connectivity index (χ1v) is 14.2. The van der Waals surface area contributed by atoms with Gasteiger partial charge >= 0.3 is 0 Å². The van der Waals surface area contributed by atoms with Crippen LogP contribution in [0.15, 0.2) is 120 Å². The smallest absolute Gasteiger partial charge is 0.270 e. The first-order valence-electron chi connectivity index (χ1n) is 12.9. The highest BCUT2D eigenvalue weighted by Gasteiger charge is 2.33. The van der Waals surface area contributed by atoms with Crippen LogP contribution in [0.1, 0.15) is 12.5 Å². The lowest BCUT2D eigenvalue weighted by molar-refractivity contribution is -0.113. The Morgan fingerprint density at radius 3 is 2.10 bits per heavy atom. The van der Waals surface area contributed by atoms with Crippen molar-refractivity contribution in [3.05, 3.63) is 126 Å². The van der Waals surface area contributed by atoms with Crippen molar-refractivity contribution >= 4 is 46.0 Å². The summed E-state index contributed by atoms with van der Waals surface area (Å²) in [5, 5.41) is 4.95. The van der Waals surface area contributed by atoms with Crippen molar-refractivity contribution in [1.82, 2.24) is 9.78 Å². The van der Waals surface area contributed by atoms with Crippen LogP contribution in [0.25, 0.3) is 34.3 Å². The van der Waals surface area contributed by atoms with Gasteiger partial charge in [0, 0.05) is 11.1 Å². The lowest BCUT2D eigenvalue weighted by Crippen LogP contribution is -2.27. The molecule has 7 heteroatoms. The maximum atomic E-state index is 13.3. The number of carbonyl (C=O) groups excluding carboxylic acids is 1. The molecule has 0 saturated carbocycles. The monoisotopic (exact) mass is 559 g/mol. The fraction of sp³-hybridized carbons (Fsp3) is 0.0606. The van der Waals surface area contributed by atoms with Crippen LogP contribution in [-0.2, 0) is 4.79 Å². The standard InChI is InChI=1S/C33H25N3O2S2/c1-2-38-28-19-17-26(18-20-28)35-32(37)31(40-33(35)39)21-23-13-15-27(16-14-23)36-30(25-11-7-4-8-12-25)22-29(34-36)24-9-5-3-6-10-24/h3-22H,2H2,1H3. The van der Waals surface area contributed by atoms with Crippen LogP contribution in [0.4, 0.5) is 5.69 Å². The number of benzene rings is 4. The van der Waals surface area contributed by atoms with Crippen LogP contribution in [0.5, 0.6) is 5.75 Å². The number of amides is 1. The van der Waals surface area contributed by atoms with Gasteiger partial charge in [0.15, 0.2) is 4.32 Å². The van der Waals surface area contributed by atoms with Crippen molar-refractivity contribution in [3.63, 3.8) is 0 Å². The van der Waals surface area contributed by atoms with Gasteiger partial charge in [0.05, 0.1) is 34.3 Å². The van der Waals surface area contributed by atoms with Gasteiger partial charge in [0.2, 0.25) is 0 Å².